The van der Waals surface area contributed by atoms with Crippen molar-refractivity contribution < 1.29 is 0 Å². The monoisotopic (exact) mass is 318 g/mol. The van der Waals surface area contributed by atoms with E-state index in [9.17, 15) is 0 Å². The van der Waals surface area contributed by atoms with Crippen molar-refractivity contribution in [1.29, 1.82) is 0 Å². The summed E-state index contributed by atoms with van der Waals surface area (Å²) in [6.07, 6.45) is 5.93. The molecular formula is C10H15IN4. The summed E-state index contributed by atoms with van der Waals surface area (Å²) in [5, 5.41) is 6.73. The van der Waals surface area contributed by atoms with Gasteiger partial charge in [-0.1, -0.05) is 0 Å². The van der Waals surface area contributed by atoms with E-state index in [2.05, 4.69) is 43.2 Å². The van der Waals surface area contributed by atoms with Crippen LogP contribution in [-0.4, -0.2) is 29.6 Å². The summed E-state index contributed by atoms with van der Waals surface area (Å²) in [7, 11) is 0. The van der Waals surface area contributed by atoms with E-state index < -0.39 is 0 Å². The second-order valence-electron chi connectivity index (χ2n) is 3.79. The molecule has 15 heavy (non-hydrogen) atoms. The molecule has 1 aromatic rings. The maximum absolute atomic E-state index is 4.20. The lowest BCUT2D eigenvalue weighted by Gasteiger charge is -2.10. The number of halogens is 1. The summed E-state index contributed by atoms with van der Waals surface area (Å²) in [4.78, 5) is 8.16. The first-order chi connectivity index (χ1) is 7.36. The highest BCUT2D eigenvalue weighted by atomic mass is 127. The third-order valence-electron chi connectivity index (χ3n) is 2.68. The molecule has 5 heteroatoms. The zero-order valence-electron chi connectivity index (χ0n) is 8.54. The van der Waals surface area contributed by atoms with Crippen LogP contribution in [-0.2, 0) is 0 Å². The molecular weight excluding hydrogens is 303 g/mol. The van der Waals surface area contributed by atoms with E-state index in [1.807, 2.05) is 6.20 Å². The molecule has 1 atom stereocenters. The highest BCUT2D eigenvalue weighted by Crippen LogP contribution is 2.15. The maximum atomic E-state index is 4.20. The Morgan fingerprint density at radius 1 is 1.60 bits per heavy atom. The molecule has 0 aromatic carbocycles. The molecule has 2 heterocycles. The number of anilines is 1. The van der Waals surface area contributed by atoms with E-state index in [1.165, 1.54) is 25.9 Å². The highest BCUT2D eigenvalue weighted by Gasteiger charge is 2.13. The Labute approximate surface area is 103 Å². The fourth-order valence-corrected chi connectivity index (χ4v) is 2.29. The van der Waals surface area contributed by atoms with Crippen molar-refractivity contribution in [2.24, 2.45) is 5.92 Å². The van der Waals surface area contributed by atoms with Gasteiger partial charge in [0, 0.05) is 12.7 Å². The topological polar surface area (TPSA) is 49.8 Å². The number of rotatable bonds is 4. The van der Waals surface area contributed by atoms with E-state index in [0.29, 0.717) is 0 Å². The van der Waals surface area contributed by atoms with E-state index >= 15 is 0 Å². The quantitative estimate of drug-likeness (QED) is 0.826. The van der Waals surface area contributed by atoms with Gasteiger partial charge in [0.1, 0.15) is 12.1 Å². The van der Waals surface area contributed by atoms with Gasteiger partial charge in [-0.25, -0.2) is 9.97 Å². The predicted molar refractivity (Wildman–Crippen MR) is 68.8 cm³/mol. The lowest BCUT2D eigenvalue weighted by Crippen LogP contribution is -2.13. The minimum absolute atomic E-state index is 0.831. The third kappa shape index (κ3) is 3.27. The van der Waals surface area contributed by atoms with Crippen molar-refractivity contribution in [3.05, 3.63) is 16.1 Å². The molecule has 4 nitrogen and oxygen atoms in total. The molecule has 0 spiro atoms. The fraction of sp³-hybridized carbons (Fsp3) is 0.600. The Kier molecular flexibility index (Phi) is 4.13. The first kappa shape index (κ1) is 11.1. The smallest absolute Gasteiger partial charge is 0.142 e. The van der Waals surface area contributed by atoms with Crippen LogP contribution in [0.5, 0.6) is 0 Å². The zero-order valence-corrected chi connectivity index (χ0v) is 10.7. The van der Waals surface area contributed by atoms with Gasteiger partial charge in [0.2, 0.25) is 0 Å². The molecule has 0 radical (unpaired) electrons. The van der Waals surface area contributed by atoms with Crippen molar-refractivity contribution >= 4 is 28.4 Å². The largest absolute Gasteiger partial charge is 0.369 e. The maximum Gasteiger partial charge on any atom is 0.142 e. The summed E-state index contributed by atoms with van der Waals surface area (Å²) in [5.74, 6) is 1.79. The summed E-state index contributed by atoms with van der Waals surface area (Å²) in [6.45, 7) is 3.34. The molecule has 0 saturated carbocycles. The molecule has 1 unspecified atom stereocenters. The molecule has 1 saturated heterocycles. The fourth-order valence-electron chi connectivity index (χ4n) is 1.80. The van der Waals surface area contributed by atoms with Gasteiger partial charge in [-0.2, -0.15) is 0 Å². The van der Waals surface area contributed by atoms with Gasteiger partial charge in [-0.05, 0) is 54.4 Å². The van der Waals surface area contributed by atoms with Crippen molar-refractivity contribution in [1.82, 2.24) is 15.3 Å². The molecule has 0 bridgehead atoms. The Balaban J connectivity index is 1.75. The SMILES string of the molecule is Ic1cncnc1NCCC1CCNC1. The van der Waals surface area contributed by atoms with Crippen molar-refractivity contribution in [2.45, 2.75) is 12.8 Å². The van der Waals surface area contributed by atoms with Crippen LogP contribution in [0.4, 0.5) is 5.82 Å². The van der Waals surface area contributed by atoms with Crippen molar-refractivity contribution in [3.8, 4) is 0 Å². The van der Waals surface area contributed by atoms with Crippen LogP contribution >= 0.6 is 22.6 Å². The summed E-state index contributed by atoms with van der Waals surface area (Å²) >= 11 is 2.25. The van der Waals surface area contributed by atoms with Crippen LogP contribution in [0.3, 0.4) is 0 Å². The Bertz CT molecular complexity index is 312. The molecule has 2 rings (SSSR count). The Morgan fingerprint density at radius 3 is 3.27 bits per heavy atom. The Hall–Kier alpha value is -0.430. The summed E-state index contributed by atoms with van der Waals surface area (Å²) < 4.78 is 1.08. The van der Waals surface area contributed by atoms with Crippen LogP contribution in [0.15, 0.2) is 12.5 Å². The predicted octanol–water partition coefficient (Wildman–Crippen LogP) is 1.49. The van der Waals surface area contributed by atoms with Crippen molar-refractivity contribution in [3.63, 3.8) is 0 Å². The molecule has 82 valence electrons. The second kappa shape index (κ2) is 5.60. The van der Waals surface area contributed by atoms with Gasteiger partial charge in [-0.15, -0.1) is 0 Å². The number of nitrogens with zero attached hydrogens (tertiary/aromatic N) is 2. The molecule has 0 aliphatic carbocycles. The molecule has 1 aliphatic rings. The third-order valence-corrected chi connectivity index (χ3v) is 3.46. The van der Waals surface area contributed by atoms with E-state index in [0.717, 1.165) is 21.9 Å². The van der Waals surface area contributed by atoms with Crippen LogP contribution in [0.1, 0.15) is 12.8 Å². The first-order valence-electron chi connectivity index (χ1n) is 5.26. The lowest BCUT2D eigenvalue weighted by molar-refractivity contribution is 0.549. The van der Waals surface area contributed by atoms with Gasteiger partial charge in [0.05, 0.1) is 3.57 Å². The average Bonchev–Trinajstić information content (AvgIpc) is 2.74. The molecule has 1 aromatic heterocycles. The highest BCUT2D eigenvalue weighted by molar-refractivity contribution is 14.1. The number of aromatic nitrogens is 2. The average molecular weight is 318 g/mol. The molecule has 1 aliphatic heterocycles. The standard InChI is InChI=1S/C10H15IN4/c11-9-6-13-7-15-10(9)14-4-2-8-1-3-12-5-8/h6-8,12H,1-5H2,(H,13,14,15). The van der Waals surface area contributed by atoms with Gasteiger partial charge < -0.3 is 10.6 Å². The minimum atomic E-state index is 0.831. The summed E-state index contributed by atoms with van der Waals surface area (Å²) in [5.41, 5.74) is 0. The normalized spacial score (nSPS) is 20.5. The van der Waals surface area contributed by atoms with Crippen molar-refractivity contribution in [2.75, 3.05) is 25.0 Å². The Morgan fingerprint density at radius 2 is 2.53 bits per heavy atom. The second-order valence-corrected chi connectivity index (χ2v) is 4.96. The lowest BCUT2D eigenvalue weighted by atomic mass is 10.1. The summed E-state index contributed by atoms with van der Waals surface area (Å²) in [6, 6.07) is 0. The first-order valence-corrected chi connectivity index (χ1v) is 6.34. The molecule has 0 amide bonds. The number of hydrogen-bond donors (Lipinski definition) is 2. The number of hydrogen-bond acceptors (Lipinski definition) is 4. The van der Waals surface area contributed by atoms with Crippen LogP contribution < -0.4 is 10.6 Å². The van der Waals surface area contributed by atoms with E-state index in [1.54, 1.807) is 6.33 Å². The van der Waals surface area contributed by atoms with Gasteiger partial charge in [0.15, 0.2) is 0 Å². The van der Waals surface area contributed by atoms with Crippen LogP contribution in [0, 0.1) is 9.49 Å². The van der Waals surface area contributed by atoms with E-state index in [4.69, 9.17) is 0 Å². The van der Waals surface area contributed by atoms with Gasteiger partial charge in [-0.3, -0.25) is 0 Å². The van der Waals surface area contributed by atoms with E-state index in [-0.39, 0.29) is 0 Å². The number of nitrogens with one attached hydrogen (secondary N) is 2. The van der Waals surface area contributed by atoms with Gasteiger partial charge in [0.25, 0.3) is 0 Å². The van der Waals surface area contributed by atoms with Crippen LogP contribution in [0.25, 0.3) is 0 Å². The molecule has 2 N–H and O–H groups in total. The minimum Gasteiger partial charge on any atom is -0.369 e. The zero-order chi connectivity index (χ0) is 10.5. The molecule has 1 fully saturated rings. The van der Waals surface area contributed by atoms with Crippen LogP contribution in [0.2, 0.25) is 0 Å². The van der Waals surface area contributed by atoms with Gasteiger partial charge >= 0.3 is 0 Å².